The summed E-state index contributed by atoms with van der Waals surface area (Å²) in [5.41, 5.74) is 6.97. The van der Waals surface area contributed by atoms with Gasteiger partial charge in [-0.25, -0.2) is 4.98 Å². The molecule has 1 saturated heterocycles. The predicted molar refractivity (Wildman–Crippen MR) is 117 cm³/mol. The summed E-state index contributed by atoms with van der Waals surface area (Å²) in [5.74, 6) is -0.810. The van der Waals surface area contributed by atoms with Crippen molar-refractivity contribution in [3.63, 3.8) is 0 Å². The molecule has 30 heavy (non-hydrogen) atoms. The van der Waals surface area contributed by atoms with Gasteiger partial charge in [-0.3, -0.25) is 9.59 Å². The van der Waals surface area contributed by atoms with E-state index < -0.39 is 24.0 Å². The number of hydrogen-bond donors (Lipinski definition) is 3. The number of carbonyl (C=O) groups excluding carboxylic acids is 2. The van der Waals surface area contributed by atoms with Gasteiger partial charge in [0.15, 0.2) is 12.2 Å². The maximum absolute atomic E-state index is 12.8. The Hall–Kier alpha value is -3.01. The van der Waals surface area contributed by atoms with Crippen LogP contribution >= 0.6 is 15.9 Å². The largest absolute Gasteiger partial charge is 0.383 e. The van der Waals surface area contributed by atoms with Crippen molar-refractivity contribution in [2.24, 2.45) is 0 Å². The molecule has 2 heterocycles. The Bertz CT molecular complexity index is 1110. The molecule has 1 aliphatic heterocycles. The molecule has 3 aromatic rings. The van der Waals surface area contributed by atoms with Crippen LogP contribution in [0.1, 0.15) is 0 Å². The Morgan fingerprint density at radius 1 is 1.27 bits per heavy atom. The summed E-state index contributed by atoms with van der Waals surface area (Å²) in [6, 6.07) is 14.1. The molecule has 9 heteroatoms. The van der Waals surface area contributed by atoms with Gasteiger partial charge in [0.05, 0.1) is 6.61 Å². The van der Waals surface area contributed by atoms with E-state index in [2.05, 4.69) is 26.2 Å². The van der Waals surface area contributed by atoms with Crippen molar-refractivity contribution in [3.8, 4) is 0 Å². The predicted octanol–water partition coefficient (Wildman–Crippen LogP) is 2.31. The summed E-state index contributed by atoms with van der Waals surface area (Å²) < 4.78 is 6.32. The number of aliphatic hydroxyl groups is 1. The normalized spacial score (nSPS) is 17.7. The van der Waals surface area contributed by atoms with Crippen LogP contribution in [0.2, 0.25) is 0 Å². The van der Waals surface area contributed by atoms with Crippen LogP contribution in [0.4, 0.5) is 17.2 Å². The van der Waals surface area contributed by atoms with Crippen LogP contribution in [-0.4, -0.2) is 47.3 Å². The molecule has 154 valence electrons. The van der Waals surface area contributed by atoms with E-state index in [0.29, 0.717) is 23.7 Å². The van der Waals surface area contributed by atoms with Crippen molar-refractivity contribution < 1.29 is 19.4 Å². The number of nitrogens with zero attached hydrogens (tertiary/aromatic N) is 2. The van der Waals surface area contributed by atoms with E-state index in [1.54, 1.807) is 42.6 Å². The van der Waals surface area contributed by atoms with Crippen LogP contribution in [0, 0.1) is 0 Å². The number of anilines is 3. The van der Waals surface area contributed by atoms with Crippen molar-refractivity contribution in [1.82, 2.24) is 4.98 Å². The lowest BCUT2D eigenvalue weighted by Gasteiger charge is -2.34. The summed E-state index contributed by atoms with van der Waals surface area (Å²) in [5, 5.41) is 14.7. The van der Waals surface area contributed by atoms with Crippen molar-refractivity contribution >= 4 is 55.7 Å². The van der Waals surface area contributed by atoms with Gasteiger partial charge in [-0.1, -0.05) is 15.9 Å². The van der Waals surface area contributed by atoms with Crippen LogP contribution in [-0.2, 0) is 14.3 Å². The second kappa shape index (κ2) is 8.39. The van der Waals surface area contributed by atoms with Crippen molar-refractivity contribution in [1.29, 1.82) is 0 Å². The van der Waals surface area contributed by atoms with Crippen molar-refractivity contribution in [2.45, 2.75) is 12.2 Å². The fraction of sp³-hybridized carbons (Fsp3) is 0.190. The van der Waals surface area contributed by atoms with E-state index in [-0.39, 0.29) is 6.61 Å². The fourth-order valence-corrected chi connectivity index (χ4v) is 3.61. The minimum atomic E-state index is -1.66. The fourth-order valence-electron chi connectivity index (χ4n) is 3.34. The number of rotatable bonds is 4. The van der Waals surface area contributed by atoms with E-state index in [1.807, 2.05) is 12.1 Å². The number of carbonyl (C=O) groups is 2. The first-order valence-corrected chi connectivity index (χ1v) is 10.0. The van der Waals surface area contributed by atoms with E-state index >= 15 is 0 Å². The third-order valence-electron chi connectivity index (χ3n) is 4.88. The Balaban J connectivity index is 1.49. The van der Waals surface area contributed by atoms with Gasteiger partial charge in [0.2, 0.25) is 0 Å². The molecular formula is C21H19BrN4O4. The smallest absolute Gasteiger partial charge is 0.259 e. The molecular weight excluding hydrogens is 452 g/mol. The van der Waals surface area contributed by atoms with Crippen molar-refractivity contribution in [3.05, 3.63) is 59.2 Å². The third-order valence-corrected chi connectivity index (χ3v) is 5.41. The Labute approximate surface area is 180 Å². The molecule has 0 spiro atoms. The number of benzene rings is 2. The number of fused-ring (bicyclic) bond motifs is 1. The SMILES string of the molecule is Nc1nccc2cc(NC(=O)[C@H](O)[C@H]3OCCN(c4ccc(Br)cc4)C3=O)ccc12. The molecule has 2 amide bonds. The molecule has 1 aromatic heterocycles. The van der Waals surface area contributed by atoms with Gasteiger partial charge in [-0.05, 0) is 53.9 Å². The van der Waals surface area contributed by atoms with E-state index in [4.69, 9.17) is 10.5 Å². The number of nitrogens with one attached hydrogen (secondary N) is 1. The molecule has 2 aromatic carbocycles. The number of amides is 2. The van der Waals surface area contributed by atoms with Gasteiger partial charge in [0.25, 0.3) is 11.8 Å². The molecule has 4 N–H and O–H groups in total. The van der Waals surface area contributed by atoms with E-state index in [9.17, 15) is 14.7 Å². The number of morpholine rings is 1. The topological polar surface area (TPSA) is 118 Å². The molecule has 0 aliphatic carbocycles. The molecule has 0 radical (unpaired) electrons. The quantitative estimate of drug-likeness (QED) is 0.538. The van der Waals surface area contributed by atoms with Gasteiger partial charge >= 0.3 is 0 Å². The van der Waals surface area contributed by atoms with Crippen LogP contribution in [0.25, 0.3) is 10.8 Å². The standard InChI is InChI=1S/C21H19BrN4O4/c22-13-1-4-15(5-2-13)26-9-10-30-18(21(26)29)17(27)20(28)25-14-3-6-16-12(11-14)7-8-24-19(16)23/h1-8,11,17-18,27H,9-10H2,(H2,23,24)(H,25,28)/t17-,18-/m1/s1. The number of ether oxygens (including phenoxy) is 1. The number of pyridine rings is 1. The lowest BCUT2D eigenvalue weighted by Crippen LogP contribution is -2.55. The number of aromatic nitrogens is 1. The second-order valence-electron chi connectivity index (χ2n) is 6.82. The van der Waals surface area contributed by atoms with Crippen LogP contribution in [0.15, 0.2) is 59.2 Å². The summed E-state index contributed by atoms with van der Waals surface area (Å²) in [7, 11) is 0. The third kappa shape index (κ3) is 4.00. The summed E-state index contributed by atoms with van der Waals surface area (Å²) in [6.07, 6.45) is -1.37. The molecule has 0 bridgehead atoms. The van der Waals surface area contributed by atoms with Gasteiger partial charge < -0.3 is 25.8 Å². The highest BCUT2D eigenvalue weighted by molar-refractivity contribution is 9.10. The van der Waals surface area contributed by atoms with Gasteiger partial charge in [0.1, 0.15) is 5.82 Å². The first-order valence-electron chi connectivity index (χ1n) is 9.26. The molecule has 0 unspecified atom stereocenters. The highest BCUT2D eigenvalue weighted by atomic mass is 79.9. The summed E-state index contributed by atoms with van der Waals surface area (Å²) >= 11 is 3.36. The minimum Gasteiger partial charge on any atom is -0.383 e. The zero-order valence-corrected chi connectivity index (χ0v) is 17.4. The minimum absolute atomic E-state index is 0.207. The van der Waals surface area contributed by atoms with E-state index in [0.717, 1.165) is 15.2 Å². The van der Waals surface area contributed by atoms with Gasteiger partial charge in [-0.15, -0.1) is 0 Å². The zero-order valence-electron chi connectivity index (χ0n) is 15.8. The molecule has 2 atom stereocenters. The molecule has 4 rings (SSSR count). The maximum Gasteiger partial charge on any atom is 0.259 e. The lowest BCUT2D eigenvalue weighted by atomic mass is 10.1. The average molecular weight is 471 g/mol. The maximum atomic E-state index is 12.8. The highest BCUT2D eigenvalue weighted by Crippen LogP contribution is 2.24. The number of halogens is 1. The molecule has 0 saturated carbocycles. The second-order valence-corrected chi connectivity index (χ2v) is 7.74. The van der Waals surface area contributed by atoms with E-state index in [1.165, 1.54) is 4.90 Å². The average Bonchev–Trinajstić information content (AvgIpc) is 2.74. The Kier molecular flexibility index (Phi) is 5.67. The number of aliphatic hydroxyl groups excluding tert-OH is 1. The van der Waals surface area contributed by atoms with Gasteiger partial charge in [0, 0.05) is 34.0 Å². The molecule has 1 aliphatic rings. The van der Waals surface area contributed by atoms with Crippen LogP contribution in [0.5, 0.6) is 0 Å². The van der Waals surface area contributed by atoms with Gasteiger partial charge in [-0.2, -0.15) is 0 Å². The van der Waals surface area contributed by atoms with Crippen molar-refractivity contribution in [2.75, 3.05) is 29.1 Å². The lowest BCUT2D eigenvalue weighted by molar-refractivity contribution is -0.150. The Morgan fingerprint density at radius 3 is 2.80 bits per heavy atom. The molecule has 8 nitrogen and oxygen atoms in total. The monoisotopic (exact) mass is 470 g/mol. The zero-order chi connectivity index (χ0) is 21.3. The number of hydrogen-bond acceptors (Lipinski definition) is 6. The Morgan fingerprint density at radius 2 is 2.03 bits per heavy atom. The summed E-state index contributed by atoms with van der Waals surface area (Å²) in [6.45, 7) is 0.546. The first kappa shape index (κ1) is 20.3. The molecule has 1 fully saturated rings. The highest BCUT2D eigenvalue weighted by Gasteiger charge is 2.39. The van der Waals surface area contributed by atoms with Crippen LogP contribution in [0.3, 0.4) is 0 Å². The van der Waals surface area contributed by atoms with Crippen LogP contribution < -0.4 is 16.0 Å². The number of nitrogens with two attached hydrogens (primary N) is 1. The number of nitrogen functional groups attached to an aromatic ring is 1. The summed E-state index contributed by atoms with van der Waals surface area (Å²) in [4.78, 5) is 31.0. The first-order chi connectivity index (χ1) is 14.4.